The van der Waals surface area contributed by atoms with Gasteiger partial charge in [-0.2, -0.15) is 5.10 Å². The smallest absolute Gasteiger partial charge is 0.150 e. The Labute approximate surface area is 100 Å². The number of halogens is 2. The fourth-order valence-corrected chi connectivity index (χ4v) is 2.71. The molecule has 2 heterocycles. The summed E-state index contributed by atoms with van der Waals surface area (Å²) < 4.78 is 21.3. The molecule has 0 bridgehead atoms. The predicted octanol–water partition coefficient (Wildman–Crippen LogP) is 3.25. The molecule has 1 fully saturated rings. The molecule has 1 aliphatic heterocycles. The summed E-state index contributed by atoms with van der Waals surface area (Å²) in [5.74, 6) is -0.258. The van der Waals surface area contributed by atoms with Crippen molar-refractivity contribution in [2.45, 2.75) is 19.1 Å². The van der Waals surface area contributed by atoms with E-state index in [0.29, 0.717) is 0 Å². The Balaban J connectivity index is 2.18. The van der Waals surface area contributed by atoms with E-state index < -0.39 is 0 Å². The van der Waals surface area contributed by atoms with Crippen molar-refractivity contribution in [3.05, 3.63) is 28.6 Å². The molecule has 1 aromatic heterocycles. The van der Waals surface area contributed by atoms with E-state index in [1.165, 1.54) is 12.1 Å². The van der Waals surface area contributed by atoms with Crippen molar-refractivity contribution in [3.8, 4) is 0 Å². The zero-order valence-electron chi connectivity index (χ0n) is 8.49. The van der Waals surface area contributed by atoms with Gasteiger partial charge in [0.05, 0.1) is 11.7 Å². The number of ether oxygens (including phenoxy) is 1. The quantitative estimate of drug-likeness (QED) is 0.804. The molecule has 5 heteroatoms. The average molecular weight is 285 g/mol. The summed E-state index contributed by atoms with van der Waals surface area (Å²) in [6.07, 6.45) is 3.66. The Morgan fingerprint density at radius 3 is 3.12 bits per heavy atom. The van der Waals surface area contributed by atoms with Crippen LogP contribution in [0.15, 0.2) is 22.8 Å². The third-order valence-corrected chi connectivity index (χ3v) is 3.39. The summed E-state index contributed by atoms with van der Waals surface area (Å²) in [6, 6.07) is 2.94. The summed E-state index contributed by atoms with van der Waals surface area (Å²) in [4.78, 5) is 0. The molecule has 1 aromatic carbocycles. The number of hydrogen-bond donors (Lipinski definition) is 0. The first-order valence-corrected chi connectivity index (χ1v) is 5.99. The van der Waals surface area contributed by atoms with Gasteiger partial charge in [0.15, 0.2) is 6.23 Å². The highest BCUT2D eigenvalue weighted by Crippen LogP contribution is 2.31. The van der Waals surface area contributed by atoms with Gasteiger partial charge in [-0.05, 0) is 40.9 Å². The van der Waals surface area contributed by atoms with Crippen molar-refractivity contribution in [2.24, 2.45) is 0 Å². The van der Waals surface area contributed by atoms with Gasteiger partial charge in [0, 0.05) is 16.5 Å². The lowest BCUT2D eigenvalue weighted by Crippen LogP contribution is -2.08. The fourth-order valence-electron chi connectivity index (χ4n) is 2.08. The summed E-state index contributed by atoms with van der Waals surface area (Å²) in [5, 5.41) is 5.07. The van der Waals surface area contributed by atoms with Crippen LogP contribution in [0.3, 0.4) is 0 Å². The molecule has 84 valence electrons. The standard InChI is InChI=1S/C11H10BrFN2O/c12-9-5-8(13)4-7-6-14-15(11(7)9)10-2-1-3-16-10/h4-6,10H,1-3H2. The molecule has 2 aromatic rings. The van der Waals surface area contributed by atoms with Gasteiger partial charge in [-0.1, -0.05) is 0 Å². The topological polar surface area (TPSA) is 27.1 Å². The van der Waals surface area contributed by atoms with Crippen LogP contribution in [0.2, 0.25) is 0 Å². The van der Waals surface area contributed by atoms with E-state index >= 15 is 0 Å². The fraction of sp³-hybridized carbons (Fsp3) is 0.364. The minimum absolute atomic E-state index is 0.0146. The van der Waals surface area contributed by atoms with Crippen LogP contribution in [0.25, 0.3) is 10.9 Å². The Kier molecular flexibility index (Phi) is 2.44. The van der Waals surface area contributed by atoms with E-state index in [0.717, 1.165) is 34.8 Å². The molecular weight excluding hydrogens is 275 g/mol. The number of fused-ring (bicyclic) bond motifs is 1. The zero-order chi connectivity index (χ0) is 11.1. The molecule has 1 saturated heterocycles. The molecule has 1 atom stereocenters. The lowest BCUT2D eigenvalue weighted by Gasteiger charge is -2.11. The first-order chi connectivity index (χ1) is 7.75. The van der Waals surface area contributed by atoms with Crippen molar-refractivity contribution < 1.29 is 9.13 Å². The maximum Gasteiger partial charge on any atom is 0.150 e. The van der Waals surface area contributed by atoms with Crippen LogP contribution in [-0.2, 0) is 4.74 Å². The van der Waals surface area contributed by atoms with Gasteiger partial charge >= 0.3 is 0 Å². The highest BCUT2D eigenvalue weighted by Gasteiger charge is 2.21. The maximum absolute atomic E-state index is 13.2. The molecule has 0 spiro atoms. The lowest BCUT2D eigenvalue weighted by atomic mass is 10.2. The molecule has 1 unspecified atom stereocenters. The summed E-state index contributed by atoms with van der Waals surface area (Å²) in [7, 11) is 0. The minimum Gasteiger partial charge on any atom is -0.356 e. The van der Waals surface area contributed by atoms with E-state index in [1.54, 1.807) is 6.20 Å². The van der Waals surface area contributed by atoms with E-state index in [9.17, 15) is 4.39 Å². The first kappa shape index (κ1) is 10.2. The van der Waals surface area contributed by atoms with Crippen molar-refractivity contribution in [1.29, 1.82) is 0 Å². The Morgan fingerprint density at radius 1 is 1.50 bits per heavy atom. The number of rotatable bonds is 1. The molecule has 16 heavy (non-hydrogen) atoms. The third-order valence-electron chi connectivity index (χ3n) is 2.79. The molecule has 3 rings (SSSR count). The van der Waals surface area contributed by atoms with Gasteiger partial charge in [-0.25, -0.2) is 9.07 Å². The zero-order valence-corrected chi connectivity index (χ0v) is 10.1. The van der Waals surface area contributed by atoms with Gasteiger partial charge in [0.25, 0.3) is 0 Å². The molecule has 1 aliphatic rings. The molecule has 0 saturated carbocycles. The van der Waals surface area contributed by atoms with Crippen LogP contribution in [0.5, 0.6) is 0 Å². The second kappa shape index (κ2) is 3.82. The van der Waals surface area contributed by atoms with Gasteiger partial charge in [0.2, 0.25) is 0 Å². The third kappa shape index (κ3) is 1.55. The van der Waals surface area contributed by atoms with Crippen LogP contribution in [0.4, 0.5) is 4.39 Å². The van der Waals surface area contributed by atoms with Gasteiger partial charge in [0.1, 0.15) is 5.82 Å². The summed E-state index contributed by atoms with van der Waals surface area (Å²) in [5.41, 5.74) is 0.897. The van der Waals surface area contributed by atoms with E-state index in [-0.39, 0.29) is 12.0 Å². The first-order valence-electron chi connectivity index (χ1n) is 5.19. The highest BCUT2D eigenvalue weighted by molar-refractivity contribution is 9.10. The van der Waals surface area contributed by atoms with Crippen LogP contribution in [-0.4, -0.2) is 16.4 Å². The second-order valence-corrected chi connectivity index (χ2v) is 4.74. The van der Waals surface area contributed by atoms with Gasteiger partial charge < -0.3 is 4.74 Å². The maximum atomic E-state index is 13.2. The molecular formula is C11H10BrFN2O. The van der Waals surface area contributed by atoms with Crippen molar-refractivity contribution in [2.75, 3.05) is 6.61 Å². The molecule has 3 nitrogen and oxygen atoms in total. The highest BCUT2D eigenvalue weighted by atomic mass is 79.9. The monoisotopic (exact) mass is 284 g/mol. The molecule has 0 aliphatic carbocycles. The second-order valence-electron chi connectivity index (χ2n) is 3.88. The van der Waals surface area contributed by atoms with Crippen molar-refractivity contribution in [3.63, 3.8) is 0 Å². The Hall–Kier alpha value is -0.940. The minimum atomic E-state index is -0.258. The molecule has 0 amide bonds. The van der Waals surface area contributed by atoms with Crippen LogP contribution in [0.1, 0.15) is 19.1 Å². The van der Waals surface area contributed by atoms with Crippen molar-refractivity contribution in [1.82, 2.24) is 9.78 Å². The average Bonchev–Trinajstić information content (AvgIpc) is 2.82. The van der Waals surface area contributed by atoms with Gasteiger partial charge in [-0.3, -0.25) is 0 Å². The predicted molar refractivity (Wildman–Crippen MR) is 61.6 cm³/mol. The number of aromatic nitrogens is 2. The van der Waals surface area contributed by atoms with Crippen molar-refractivity contribution >= 4 is 26.8 Å². The van der Waals surface area contributed by atoms with Crippen LogP contribution in [0, 0.1) is 5.82 Å². The SMILES string of the molecule is Fc1cc(Br)c2c(cnn2C2CCCO2)c1. The summed E-state index contributed by atoms with van der Waals surface area (Å²) >= 11 is 3.37. The Morgan fingerprint density at radius 2 is 2.38 bits per heavy atom. The van der Waals surface area contributed by atoms with Crippen LogP contribution < -0.4 is 0 Å². The normalized spacial score (nSPS) is 20.8. The summed E-state index contributed by atoms with van der Waals surface area (Å²) in [6.45, 7) is 0.769. The van der Waals surface area contributed by atoms with E-state index in [1.807, 2.05) is 4.68 Å². The molecule has 0 radical (unpaired) electrons. The number of hydrogen-bond acceptors (Lipinski definition) is 2. The van der Waals surface area contributed by atoms with E-state index in [4.69, 9.17) is 4.74 Å². The lowest BCUT2D eigenvalue weighted by molar-refractivity contribution is 0.0502. The van der Waals surface area contributed by atoms with Crippen LogP contribution >= 0.6 is 15.9 Å². The van der Waals surface area contributed by atoms with Gasteiger partial charge in [-0.15, -0.1) is 0 Å². The van der Waals surface area contributed by atoms with E-state index in [2.05, 4.69) is 21.0 Å². The molecule has 0 N–H and O–H groups in total. The Bertz CT molecular complexity index is 534. The largest absolute Gasteiger partial charge is 0.356 e. The number of benzene rings is 1. The number of nitrogens with zero attached hydrogens (tertiary/aromatic N) is 2.